The Balaban J connectivity index is -0.0000000982. The Morgan fingerprint density at radius 1 is 0.246 bits per heavy atom. The van der Waals surface area contributed by atoms with Gasteiger partial charge in [0, 0.05) is 152 Å². The Bertz CT molecular complexity index is 2890. The molecular weight excluding hydrogens is 1880 g/mol. The predicted octanol–water partition coefficient (Wildman–Crippen LogP) is -38.9. The Kier molecular flexibility index (Phi) is 124. The molecule has 2 atom stereocenters. The van der Waals surface area contributed by atoms with Crippen LogP contribution in [-0.4, -0.2) is 635 Å². The summed E-state index contributed by atoms with van der Waals surface area (Å²) in [6, 6.07) is 0. The molecule has 84 radical (unpaired) electrons. The number of halogens is 4. The minimum atomic E-state index is -3.07. The summed E-state index contributed by atoms with van der Waals surface area (Å²) in [5.41, 5.74) is 2.81. The van der Waals surface area contributed by atoms with Crippen LogP contribution in [0.4, 0.5) is 0 Å². The first-order valence-electron chi connectivity index (χ1n) is 43.8. The van der Waals surface area contributed by atoms with Crippen LogP contribution in [0.15, 0.2) is 0 Å². The summed E-state index contributed by atoms with van der Waals surface area (Å²) < 4.78 is 42.1. The van der Waals surface area contributed by atoms with Gasteiger partial charge in [0.15, 0.2) is 49.9 Å². The minimum absolute atomic E-state index is 0. The van der Waals surface area contributed by atoms with E-state index in [1.54, 1.807) is 7.17 Å². The monoisotopic (exact) mass is 1980 g/mol. The molecule has 0 aliphatic heterocycles. The van der Waals surface area contributed by atoms with E-state index in [0.717, 1.165) is 0 Å². The molecular formula is C38H87B70Cl4Li11O7Si12. The van der Waals surface area contributed by atoms with Gasteiger partial charge >= 0.3 is 218 Å². The van der Waals surface area contributed by atoms with Gasteiger partial charge in [-0.1, -0.05) is 23.8 Å². The van der Waals surface area contributed by atoms with Crippen molar-refractivity contribution in [3.05, 3.63) is 48.5 Å². The van der Waals surface area contributed by atoms with Crippen LogP contribution in [-0.2, 0) is 28.8 Å². The summed E-state index contributed by atoms with van der Waals surface area (Å²) in [4.78, 5) is 0. The third-order valence-electron chi connectivity index (χ3n) is 20.4. The first-order valence-corrected chi connectivity index (χ1v) is 83.4. The molecule has 0 bridgehead atoms. The van der Waals surface area contributed by atoms with E-state index in [1.165, 1.54) is 63.8 Å². The van der Waals surface area contributed by atoms with Crippen LogP contribution in [0.25, 0.3) is 0 Å². The van der Waals surface area contributed by atoms with Crippen molar-refractivity contribution in [2.24, 2.45) is 0 Å². The van der Waals surface area contributed by atoms with Gasteiger partial charge in [0.05, 0.1) is 7.17 Å². The van der Waals surface area contributed by atoms with Crippen LogP contribution in [0.5, 0.6) is 0 Å². The van der Waals surface area contributed by atoms with Crippen molar-refractivity contribution in [2.45, 2.75) is 190 Å². The van der Waals surface area contributed by atoms with Gasteiger partial charge in [-0.3, -0.25) is 0 Å². The second-order valence-electron chi connectivity index (χ2n) is 38.2. The van der Waals surface area contributed by atoms with Gasteiger partial charge in [-0.15, -0.1) is 145 Å². The van der Waals surface area contributed by atoms with Gasteiger partial charge in [0.2, 0.25) is 0 Å². The fraction of sp³-hybridized carbons (Fsp3) is 0.789. The zero-order chi connectivity index (χ0) is 108. The maximum absolute atomic E-state index is 7.10. The zero-order valence-corrected chi connectivity index (χ0v) is 109. The molecule has 0 aromatic rings. The summed E-state index contributed by atoms with van der Waals surface area (Å²) in [5.74, 6) is 2.32. The quantitative estimate of drug-likeness (QED) is 0.0341. The van der Waals surface area contributed by atoms with E-state index in [9.17, 15) is 0 Å². The topological polar surface area (TPSA) is 64.6 Å². The average Bonchev–Trinajstić information content (AvgIpc) is 0.737. The van der Waals surface area contributed by atoms with E-state index < -0.39 is 243 Å². The molecule has 142 heavy (non-hydrogen) atoms. The second kappa shape index (κ2) is 91.5. The molecule has 0 saturated heterocycles. The molecule has 0 aromatic carbocycles. The van der Waals surface area contributed by atoms with Gasteiger partial charge in [0.1, 0.15) is 0 Å². The Labute approximate surface area is 1100 Å². The van der Waals surface area contributed by atoms with Gasteiger partial charge in [-0.05, 0) is 386 Å². The predicted molar refractivity (Wildman–Crippen MR) is 713 cm³/mol. The standard InChI is InChI=1S/C14H30B30O2Si4.C10H22B20O2Si3.C6H18Cl2O2Si3.C4H12Cl2OSi2.2C2H2B10.11Li.H/c1-30-41(26)13(39(22)23,43(28)34-16)49(6,7)46-48(4,5)11-32-42(27)14(40(24)25,44(29)35-17)50(8,9)45-47(2,3)10-31-37(20)12(36(18)19)38(21)33-15;1-33(2,7-21-27(17)9(25(13)14)29(19)23-11)31-35(5,6)32-34(3,4)8-22-28(18)10(26(15)16)30(20)24-12;1-11(2,7)9-13(5,6)10-12(3,4)8;1-8(2,5)7-9(3,4)6;2*1-8-11(6)2(10(4)5)12(7)9-3;;;;;;;;;;;;/h1,10-11H2,2-9H3;7-8H2,1-6H3;1-6H3;1-4H3;2*1H2;;;;;;;;;;;;/q2*-2;;;2*-2;;;9*+1;-1. The summed E-state index contributed by atoms with van der Waals surface area (Å²) in [6.07, 6.45) is 0. The SMILES string of the molecule is C[Si](C)(Cl)O[Si](C)(C)Cl.C[Si](C)(Cl)O[Si](C)(C)O[Si](C)(C)Cl.[B][B]B([B])[C-](B([B])[B])B([B])[B]C[Si](C)(C)O[Si](C)(C)C(B([B])[B])(B([B])[B][B])B([B])[B]C[Si](C)(C)O[Si](C)(C)C(B([B])[B])(B([B])[B][B])B([B])[B][CH2-].[B][B]B([B])[C-](B([B])[B])B([B])[B]C[Si](C)(C)O[Si](C)(C)O[Si](C)(C)C[B]B([B])[C-](B([B])[B])B([B])[B][B].[B][B]B([B])[C-](B([B])[B])B([B])[B][CH2-].[B][B]B([B])[C-](B([B])[B])B([B])[B][CH2-].[H-].[Li+].[Li+].[Li+].[Li+].[Li+].[Li+].[Li+].[Li+].[Li+].[Li][Li]. The first kappa shape index (κ1) is 192. The summed E-state index contributed by atoms with van der Waals surface area (Å²) in [7, 11) is 203. The molecule has 7 nitrogen and oxygen atoms in total. The molecule has 0 aliphatic carbocycles. The molecule has 578 valence electrons. The number of hydrogen-bond donors (Lipinski definition) is 0. The average molecular weight is 1970 g/mol. The third kappa shape index (κ3) is 79.2. The van der Waals surface area contributed by atoms with Crippen LogP contribution in [0, 0.1) is 48.5 Å². The van der Waals surface area contributed by atoms with Gasteiger partial charge in [0.25, 0.3) is 30.5 Å². The molecule has 0 N–H and O–H groups in total. The Morgan fingerprint density at radius 2 is 0.423 bits per heavy atom. The summed E-state index contributed by atoms with van der Waals surface area (Å²) >= 11 is 28.0. The Hall–Kier alpha value is 14.6. The van der Waals surface area contributed by atoms with Gasteiger partial charge < -0.3 is 78.8 Å². The number of hydrogen-bond acceptors (Lipinski definition) is 7. The molecule has 0 rings (SSSR count). The van der Waals surface area contributed by atoms with Crippen molar-refractivity contribution in [2.75, 3.05) is 0 Å². The second-order valence-corrected chi connectivity index (χ2v) is 94.9. The van der Waals surface area contributed by atoms with Crippen LogP contribution in [0.2, 0.25) is 190 Å². The van der Waals surface area contributed by atoms with Crippen molar-refractivity contribution in [3.63, 3.8) is 0 Å². The summed E-state index contributed by atoms with van der Waals surface area (Å²) in [5, 5.41) is 0. The fourth-order valence-corrected chi connectivity index (χ4v) is 70.7. The molecule has 2 unspecified atom stereocenters. The van der Waals surface area contributed by atoms with E-state index in [2.05, 4.69) is 85.9 Å². The summed E-state index contributed by atoms with van der Waals surface area (Å²) in [6.45, 7) is 45.2. The van der Waals surface area contributed by atoms with Crippen molar-refractivity contribution in [3.8, 4) is 0 Å². The van der Waals surface area contributed by atoms with Gasteiger partial charge in [-0.25, -0.2) is 0 Å². The molecule has 104 heteroatoms. The molecule has 0 saturated carbocycles. The Morgan fingerprint density at radius 3 is 0.577 bits per heavy atom. The van der Waals surface area contributed by atoms with E-state index in [1.807, 2.05) is 151 Å². The molecule has 0 aromatic heterocycles. The van der Waals surface area contributed by atoms with Crippen molar-refractivity contribution >= 4 is 679 Å². The zero-order valence-electron chi connectivity index (χ0n) is 95.2. The van der Waals surface area contributed by atoms with E-state index in [-0.39, 0.29) is 171 Å². The van der Waals surface area contributed by atoms with Crippen LogP contribution in [0.1, 0.15) is 1.43 Å². The first-order chi connectivity index (χ1) is 59.5. The van der Waals surface area contributed by atoms with Crippen molar-refractivity contribution in [1.29, 1.82) is 0 Å². The van der Waals surface area contributed by atoms with Crippen molar-refractivity contribution < 1.29 is 200 Å². The van der Waals surface area contributed by atoms with Gasteiger partial charge in [-0.2, -0.15) is 27.3 Å². The molecule has 0 amide bonds. The maximum atomic E-state index is 7.10. The van der Waals surface area contributed by atoms with E-state index in [0.29, 0.717) is 51.9 Å². The number of rotatable bonds is 59. The normalized spacial score (nSPS) is 11.9. The van der Waals surface area contributed by atoms with Crippen LogP contribution in [0.3, 0.4) is 0 Å². The van der Waals surface area contributed by atoms with Crippen molar-refractivity contribution in [1.82, 2.24) is 0 Å². The van der Waals surface area contributed by atoms with E-state index in [4.69, 9.17) is 344 Å². The van der Waals surface area contributed by atoms with Crippen LogP contribution >= 0.6 is 44.3 Å². The molecule has 0 spiro atoms. The molecule has 0 fully saturated rings. The molecule has 0 aliphatic rings. The molecule has 0 heterocycles. The fourth-order valence-electron chi connectivity index (χ4n) is 15.5. The van der Waals surface area contributed by atoms with E-state index >= 15 is 0 Å². The third-order valence-corrected chi connectivity index (χ3v) is 62.8. The van der Waals surface area contributed by atoms with Crippen LogP contribution < -0.4 is 170 Å².